The maximum atomic E-state index is 12.8. The number of anilines is 1. The Balaban J connectivity index is 1.62. The number of halogens is 1. The Hall–Kier alpha value is -1.32. The summed E-state index contributed by atoms with van der Waals surface area (Å²) in [6.45, 7) is 0. The average molecular weight is 374 g/mol. The second kappa shape index (κ2) is 7.51. The lowest BCUT2D eigenvalue weighted by molar-refractivity contribution is -0.120. The molecule has 1 aromatic heterocycles. The number of amides is 1. The molecular formula is C21H24ClNOS. The molecule has 2 heterocycles. The molecular weight excluding hydrogens is 350 g/mol. The summed E-state index contributed by atoms with van der Waals surface area (Å²) in [6.07, 6.45) is 9.43. The smallest absolute Gasteiger partial charge is 0.227 e. The minimum absolute atomic E-state index is 0.303. The van der Waals surface area contributed by atoms with Crippen molar-refractivity contribution in [1.29, 1.82) is 0 Å². The zero-order valence-electron chi connectivity index (χ0n) is 14.4. The van der Waals surface area contributed by atoms with Crippen LogP contribution in [0.5, 0.6) is 0 Å². The molecule has 0 N–H and O–H groups in total. The Bertz CT molecular complexity index is 750. The highest BCUT2D eigenvalue weighted by Crippen LogP contribution is 2.40. The molecule has 2 aliphatic rings. The predicted octanol–water partition coefficient (Wildman–Crippen LogP) is 6.53. The van der Waals surface area contributed by atoms with Crippen molar-refractivity contribution in [2.24, 2.45) is 5.92 Å². The lowest BCUT2D eigenvalue weighted by atomic mass is 9.79. The quantitative estimate of drug-likeness (QED) is 0.598. The van der Waals surface area contributed by atoms with Gasteiger partial charge in [0.15, 0.2) is 0 Å². The highest BCUT2D eigenvalue weighted by atomic mass is 35.5. The summed E-state index contributed by atoms with van der Waals surface area (Å²) in [5.74, 6) is 0.977. The predicted molar refractivity (Wildman–Crippen MR) is 106 cm³/mol. The van der Waals surface area contributed by atoms with Crippen LogP contribution >= 0.6 is 22.9 Å². The number of carbonyl (C=O) groups is 1. The zero-order valence-corrected chi connectivity index (χ0v) is 16.0. The molecule has 1 saturated carbocycles. The molecule has 1 aliphatic carbocycles. The molecule has 132 valence electrons. The number of nitrogens with zero attached hydrogens (tertiary/aromatic N) is 1. The van der Waals surface area contributed by atoms with E-state index in [1.165, 1.54) is 37.0 Å². The molecule has 1 atom stereocenters. The average Bonchev–Trinajstić information content (AvgIpc) is 3.12. The van der Waals surface area contributed by atoms with Crippen LogP contribution in [0.1, 0.15) is 51.4 Å². The normalized spacial score (nSPS) is 22.4. The summed E-state index contributed by atoms with van der Waals surface area (Å²) in [5.41, 5.74) is 2.21. The minimum Gasteiger partial charge on any atom is -0.308 e. The highest BCUT2D eigenvalue weighted by Gasteiger charge is 2.35. The standard InChI is InChI=1S/C21H24ClNOS/c22-17-9-4-8-16(12-17)20-13-18(14-25-20)23-19(10-5-11-21(23)24)15-6-2-1-3-7-15/h4,8-9,12-15,19H,1-3,5-7,10-11H2. The fourth-order valence-electron chi connectivity index (χ4n) is 4.44. The summed E-state index contributed by atoms with van der Waals surface area (Å²) in [7, 11) is 0. The Kier molecular flexibility index (Phi) is 5.14. The summed E-state index contributed by atoms with van der Waals surface area (Å²) in [4.78, 5) is 16.1. The third-order valence-electron chi connectivity index (χ3n) is 5.66. The van der Waals surface area contributed by atoms with E-state index in [1.807, 2.05) is 18.2 Å². The van der Waals surface area contributed by atoms with Crippen LogP contribution in [0.2, 0.25) is 5.02 Å². The first-order valence-corrected chi connectivity index (χ1v) is 10.6. The third-order valence-corrected chi connectivity index (χ3v) is 6.86. The van der Waals surface area contributed by atoms with Gasteiger partial charge in [-0.25, -0.2) is 0 Å². The van der Waals surface area contributed by atoms with E-state index < -0.39 is 0 Å². The monoisotopic (exact) mass is 373 g/mol. The van der Waals surface area contributed by atoms with Crippen molar-refractivity contribution in [3.63, 3.8) is 0 Å². The Morgan fingerprint density at radius 1 is 1.04 bits per heavy atom. The second-order valence-electron chi connectivity index (χ2n) is 7.30. The van der Waals surface area contributed by atoms with Gasteiger partial charge < -0.3 is 4.90 Å². The molecule has 4 rings (SSSR count). The Morgan fingerprint density at radius 2 is 1.88 bits per heavy atom. The van der Waals surface area contributed by atoms with Gasteiger partial charge >= 0.3 is 0 Å². The first-order valence-electron chi connectivity index (χ1n) is 9.39. The van der Waals surface area contributed by atoms with Gasteiger partial charge in [-0.3, -0.25) is 4.79 Å². The molecule has 1 amide bonds. The SMILES string of the molecule is O=C1CCCC(C2CCCCC2)N1c1csc(-c2cccc(Cl)c2)c1. The molecule has 2 aromatic rings. The summed E-state index contributed by atoms with van der Waals surface area (Å²) in [6, 6.07) is 10.5. The van der Waals surface area contributed by atoms with E-state index in [2.05, 4.69) is 22.4 Å². The van der Waals surface area contributed by atoms with E-state index >= 15 is 0 Å². The summed E-state index contributed by atoms with van der Waals surface area (Å²) in [5, 5.41) is 2.90. The van der Waals surface area contributed by atoms with Crippen LogP contribution < -0.4 is 4.90 Å². The van der Waals surface area contributed by atoms with E-state index in [0.717, 1.165) is 29.1 Å². The van der Waals surface area contributed by atoms with Crippen molar-refractivity contribution in [1.82, 2.24) is 0 Å². The number of benzene rings is 1. The van der Waals surface area contributed by atoms with E-state index in [1.54, 1.807) is 11.3 Å². The first kappa shape index (κ1) is 17.1. The Morgan fingerprint density at radius 3 is 2.68 bits per heavy atom. The molecule has 0 radical (unpaired) electrons. The Labute approximate surface area is 158 Å². The molecule has 1 aromatic carbocycles. The van der Waals surface area contributed by atoms with Gasteiger partial charge in [0, 0.05) is 27.7 Å². The second-order valence-corrected chi connectivity index (χ2v) is 8.65. The fraction of sp³-hybridized carbons (Fsp3) is 0.476. The van der Waals surface area contributed by atoms with Gasteiger partial charge in [0.25, 0.3) is 0 Å². The molecule has 0 spiro atoms. The van der Waals surface area contributed by atoms with E-state index in [0.29, 0.717) is 24.3 Å². The van der Waals surface area contributed by atoms with Crippen molar-refractivity contribution >= 4 is 34.5 Å². The molecule has 4 heteroatoms. The van der Waals surface area contributed by atoms with Gasteiger partial charge in [-0.2, -0.15) is 0 Å². The number of piperidine rings is 1. The number of rotatable bonds is 3. The van der Waals surface area contributed by atoms with Crippen molar-refractivity contribution in [2.75, 3.05) is 4.90 Å². The van der Waals surface area contributed by atoms with Crippen LogP contribution in [0.4, 0.5) is 5.69 Å². The van der Waals surface area contributed by atoms with E-state index in [-0.39, 0.29) is 0 Å². The molecule has 25 heavy (non-hydrogen) atoms. The molecule has 1 aliphatic heterocycles. The molecule has 1 unspecified atom stereocenters. The van der Waals surface area contributed by atoms with Crippen LogP contribution in [0.15, 0.2) is 35.7 Å². The van der Waals surface area contributed by atoms with Gasteiger partial charge in [0.2, 0.25) is 5.91 Å². The van der Waals surface area contributed by atoms with Crippen LogP contribution in [0.3, 0.4) is 0 Å². The lowest BCUT2D eigenvalue weighted by Crippen LogP contribution is -2.48. The fourth-order valence-corrected chi connectivity index (χ4v) is 5.51. The van der Waals surface area contributed by atoms with Gasteiger partial charge in [-0.15, -0.1) is 11.3 Å². The number of hydrogen-bond acceptors (Lipinski definition) is 2. The van der Waals surface area contributed by atoms with Crippen molar-refractivity contribution in [2.45, 2.75) is 57.4 Å². The minimum atomic E-state index is 0.303. The largest absolute Gasteiger partial charge is 0.308 e. The van der Waals surface area contributed by atoms with Gasteiger partial charge in [-0.05, 0) is 55.4 Å². The number of hydrogen-bond donors (Lipinski definition) is 0. The van der Waals surface area contributed by atoms with E-state index in [4.69, 9.17) is 11.6 Å². The summed E-state index contributed by atoms with van der Waals surface area (Å²) < 4.78 is 0. The summed E-state index contributed by atoms with van der Waals surface area (Å²) >= 11 is 7.84. The number of thiophene rings is 1. The van der Waals surface area contributed by atoms with Gasteiger partial charge in [-0.1, -0.05) is 43.0 Å². The van der Waals surface area contributed by atoms with Crippen LogP contribution in [0, 0.1) is 5.92 Å². The van der Waals surface area contributed by atoms with Gasteiger partial charge in [0.05, 0.1) is 5.69 Å². The maximum absolute atomic E-state index is 12.8. The van der Waals surface area contributed by atoms with Gasteiger partial charge in [0.1, 0.15) is 0 Å². The topological polar surface area (TPSA) is 20.3 Å². The van der Waals surface area contributed by atoms with Crippen molar-refractivity contribution in [3.8, 4) is 10.4 Å². The third kappa shape index (κ3) is 3.63. The number of carbonyl (C=O) groups excluding carboxylic acids is 1. The van der Waals surface area contributed by atoms with Crippen molar-refractivity contribution < 1.29 is 4.79 Å². The molecule has 2 nitrogen and oxygen atoms in total. The van der Waals surface area contributed by atoms with Crippen molar-refractivity contribution in [3.05, 3.63) is 40.7 Å². The molecule has 1 saturated heterocycles. The van der Waals surface area contributed by atoms with Crippen LogP contribution in [-0.2, 0) is 4.79 Å². The van der Waals surface area contributed by atoms with E-state index in [9.17, 15) is 4.79 Å². The first-order chi connectivity index (χ1) is 12.2. The molecule has 2 fully saturated rings. The van der Waals surface area contributed by atoms with Crippen LogP contribution in [0.25, 0.3) is 10.4 Å². The molecule has 0 bridgehead atoms. The highest BCUT2D eigenvalue weighted by molar-refractivity contribution is 7.14. The zero-order chi connectivity index (χ0) is 17.2. The lowest BCUT2D eigenvalue weighted by Gasteiger charge is -2.41. The maximum Gasteiger partial charge on any atom is 0.227 e. The van der Waals surface area contributed by atoms with Crippen LogP contribution in [-0.4, -0.2) is 11.9 Å².